The predicted molar refractivity (Wildman–Crippen MR) is 52.7 cm³/mol. The Kier molecular flexibility index (Phi) is 3.42. The Morgan fingerprint density at radius 3 is 2.25 bits per heavy atom. The van der Waals surface area contributed by atoms with Crippen LogP contribution in [0, 0.1) is 0 Å². The van der Waals surface area contributed by atoms with Gasteiger partial charge in [0.2, 0.25) is 0 Å². The third kappa shape index (κ3) is 3.32. The number of hydrogen-bond donors (Lipinski definition) is 0. The van der Waals surface area contributed by atoms with Crippen molar-refractivity contribution in [2.45, 2.75) is 63.5 Å². The van der Waals surface area contributed by atoms with E-state index in [4.69, 9.17) is 16.3 Å². The molecule has 1 nitrogen and oxygen atoms in total. The summed E-state index contributed by atoms with van der Waals surface area (Å²) in [6, 6.07) is 0. The molecule has 12 heavy (non-hydrogen) atoms. The average Bonchev–Trinajstić information content (AvgIpc) is 1.91. The summed E-state index contributed by atoms with van der Waals surface area (Å²) in [5.74, 6) is 0. The van der Waals surface area contributed by atoms with Gasteiger partial charge in [-0.1, -0.05) is 12.8 Å². The van der Waals surface area contributed by atoms with Crippen molar-refractivity contribution < 1.29 is 4.74 Å². The zero-order valence-corrected chi connectivity index (χ0v) is 9.03. The van der Waals surface area contributed by atoms with Crippen molar-refractivity contribution >= 4 is 11.6 Å². The quantitative estimate of drug-likeness (QED) is 0.577. The largest absolute Gasteiger partial charge is 0.371 e. The van der Waals surface area contributed by atoms with E-state index in [1.807, 2.05) is 0 Å². The van der Waals surface area contributed by atoms with E-state index in [2.05, 4.69) is 20.8 Å². The van der Waals surface area contributed by atoms with Gasteiger partial charge in [-0.05, 0) is 33.6 Å². The molecule has 1 rings (SSSR count). The Balaban J connectivity index is 2.39. The first-order valence-corrected chi connectivity index (χ1v) is 5.24. The smallest absolute Gasteiger partial charge is 0.0745 e. The number of ether oxygens (including phenoxy) is 1. The Hall–Kier alpha value is 0.250. The Morgan fingerprint density at radius 2 is 1.75 bits per heavy atom. The molecule has 2 heteroatoms. The summed E-state index contributed by atoms with van der Waals surface area (Å²) in [7, 11) is 0. The van der Waals surface area contributed by atoms with Crippen molar-refractivity contribution in [3.05, 3.63) is 0 Å². The second-order valence-corrected chi connectivity index (χ2v) is 5.13. The van der Waals surface area contributed by atoms with Crippen LogP contribution in [0.1, 0.15) is 46.5 Å². The molecule has 0 aromatic rings. The first-order valence-electron chi connectivity index (χ1n) is 4.81. The lowest BCUT2D eigenvalue weighted by molar-refractivity contribution is -0.0712. The minimum Gasteiger partial charge on any atom is -0.371 e. The van der Waals surface area contributed by atoms with Crippen LogP contribution in [-0.4, -0.2) is 17.1 Å². The molecule has 1 saturated carbocycles. The first kappa shape index (κ1) is 10.3. The SMILES string of the molecule is CC(C)(C)OC1CCCCC1Cl. The van der Waals surface area contributed by atoms with E-state index in [0.717, 1.165) is 12.8 Å². The summed E-state index contributed by atoms with van der Waals surface area (Å²) in [5.41, 5.74) is -0.0465. The highest BCUT2D eigenvalue weighted by atomic mass is 35.5. The normalized spacial score (nSPS) is 32.0. The lowest BCUT2D eigenvalue weighted by Gasteiger charge is -2.33. The molecule has 1 aliphatic carbocycles. The molecule has 0 amide bonds. The Labute approximate surface area is 80.4 Å². The van der Waals surface area contributed by atoms with Gasteiger partial charge in [-0.3, -0.25) is 0 Å². The van der Waals surface area contributed by atoms with Gasteiger partial charge in [0.25, 0.3) is 0 Å². The van der Waals surface area contributed by atoms with Crippen molar-refractivity contribution in [3.8, 4) is 0 Å². The number of rotatable bonds is 1. The van der Waals surface area contributed by atoms with Crippen molar-refractivity contribution in [2.75, 3.05) is 0 Å². The van der Waals surface area contributed by atoms with E-state index < -0.39 is 0 Å². The zero-order chi connectivity index (χ0) is 9.19. The summed E-state index contributed by atoms with van der Waals surface area (Å²) >= 11 is 6.16. The van der Waals surface area contributed by atoms with Crippen LogP contribution in [0.2, 0.25) is 0 Å². The molecule has 0 bridgehead atoms. The van der Waals surface area contributed by atoms with Gasteiger partial charge >= 0.3 is 0 Å². The van der Waals surface area contributed by atoms with Crippen LogP contribution in [0.25, 0.3) is 0 Å². The van der Waals surface area contributed by atoms with Crippen LogP contribution in [0.15, 0.2) is 0 Å². The predicted octanol–water partition coefficient (Wildman–Crippen LogP) is 3.35. The molecule has 0 saturated heterocycles. The second kappa shape index (κ2) is 3.97. The molecule has 0 aromatic heterocycles. The fourth-order valence-electron chi connectivity index (χ4n) is 1.64. The fourth-order valence-corrected chi connectivity index (χ4v) is 1.97. The molecule has 0 aliphatic heterocycles. The van der Waals surface area contributed by atoms with E-state index in [1.165, 1.54) is 12.8 Å². The van der Waals surface area contributed by atoms with Crippen molar-refractivity contribution in [2.24, 2.45) is 0 Å². The molecule has 0 spiro atoms. The molecule has 0 heterocycles. The van der Waals surface area contributed by atoms with E-state index in [1.54, 1.807) is 0 Å². The van der Waals surface area contributed by atoms with Crippen molar-refractivity contribution in [1.82, 2.24) is 0 Å². The average molecular weight is 191 g/mol. The molecule has 72 valence electrons. The van der Waals surface area contributed by atoms with Crippen LogP contribution in [-0.2, 0) is 4.74 Å². The summed E-state index contributed by atoms with van der Waals surface area (Å²) in [6.07, 6.45) is 5.05. The van der Waals surface area contributed by atoms with E-state index in [9.17, 15) is 0 Å². The van der Waals surface area contributed by atoms with Gasteiger partial charge < -0.3 is 4.74 Å². The van der Waals surface area contributed by atoms with E-state index in [-0.39, 0.29) is 17.1 Å². The molecular formula is C10H19ClO. The van der Waals surface area contributed by atoms with Crippen molar-refractivity contribution in [3.63, 3.8) is 0 Å². The van der Waals surface area contributed by atoms with E-state index in [0.29, 0.717) is 0 Å². The summed E-state index contributed by atoms with van der Waals surface area (Å²) in [6.45, 7) is 6.27. The lowest BCUT2D eigenvalue weighted by atomic mass is 9.96. The van der Waals surface area contributed by atoms with Gasteiger partial charge in [0, 0.05) is 0 Å². The maximum atomic E-state index is 6.16. The van der Waals surface area contributed by atoms with Crippen LogP contribution in [0.4, 0.5) is 0 Å². The third-order valence-corrected chi connectivity index (χ3v) is 2.63. The molecular weight excluding hydrogens is 172 g/mol. The summed E-state index contributed by atoms with van der Waals surface area (Å²) in [5, 5.41) is 0.234. The highest BCUT2D eigenvalue weighted by Gasteiger charge is 2.27. The highest BCUT2D eigenvalue weighted by Crippen LogP contribution is 2.28. The van der Waals surface area contributed by atoms with E-state index >= 15 is 0 Å². The molecule has 2 atom stereocenters. The van der Waals surface area contributed by atoms with Gasteiger partial charge in [0.1, 0.15) is 0 Å². The molecule has 1 aliphatic rings. The number of hydrogen-bond acceptors (Lipinski definition) is 1. The lowest BCUT2D eigenvalue weighted by Crippen LogP contribution is -2.35. The Bertz CT molecular complexity index is 139. The van der Waals surface area contributed by atoms with Crippen molar-refractivity contribution in [1.29, 1.82) is 0 Å². The third-order valence-electron chi connectivity index (χ3n) is 2.13. The van der Waals surface area contributed by atoms with Gasteiger partial charge in [0.15, 0.2) is 0 Å². The first-order chi connectivity index (χ1) is 5.49. The molecule has 0 aromatic carbocycles. The van der Waals surface area contributed by atoms with Crippen LogP contribution in [0.5, 0.6) is 0 Å². The van der Waals surface area contributed by atoms with Crippen LogP contribution in [0.3, 0.4) is 0 Å². The minimum absolute atomic E-state index is 0.0465. The van der Waals surface area contributed by atoms with Crippen LogP contribution < -0.4 is 0 Å². The molecule has 2 unspecified atom stereocenters. The molecule has 1 fully saturated rings. The number of alkyl halides is 1. The van der Waals surface area contributed by atoms with Crippen LogP contribution >= 0.6 is 11.6 Å². The van der Waals surface area contributed by atoms with Gasteiger partial charge in [-0.25, -0.2) is 0 Å². The summed E-state index contributed by atoms with van der Waals surface area (Å²) < 4.78 is 5.86. The summed E-state index contributed by atoms with van der Waals surface area (Å²) in [4.78, 5) is 0. The molecule has 0 N–H and O–H groups in total. The van der Waals surface area contributed by atoms with Gasteiger partial charge in [-0.15, -0.1) is 11.6 Å². The van der Waals surface area contributed by atoms with Gasteiger partial charge in [-0.2, -0.15) is 0 Å². The Morgan fingerprint density at radius 1 is 1.17 bits per heavy atom. The minimum atomic E-state index is -0.0465. The maximum Gasteiger partial charge on any atom is 0.0745 e. The van der Waals surface area contributed by atoms with Gasteiger partial charge in [0.05, 0.1) is 17.1 Å². The topological polar surface area (TPSA) is 9.23 Å². The zero-order valence-electron chi connectivity index (χ0n) is 8.27. The number of halogens is 1. The monoisotopic (exact) mass is 190 g/mol. The standard InChI is InChI=1S/C10H19ClO/c1-10(2,3)12-9-7-5-4-6-8(9)11/h8-9H,4-7H2,1-3H3. The maximum absolute atomic E-state index is 6.16. The highest BCUT2D eigenvalue weighted by molar-refractivity contribution is 6.21. The fraction of sp³-hybridized carbons (Fsp3) is 1.00. The second-order valence-electron chi connectivity index (χ2n) is 4.57. The molecule has 0 radical (unpaired) electrons.